The summed E-state index contributed by atoms with van der Waals surface area (Å²) in [4.78, 5) is 16.3. The Kier molecular flexibility index (Phi) is 1.58. The Hall–Kier alpha value is -1.36. The molecule has 4 nitrogen and oxygen atoms in total. The largest absolute Gasteiger partial charge is 0.296 e. The van der Waals surface area contributed by atoms with E-state index in [0.29, 0.717) is 5.13 Å². The zero-order valence-corrected chi connectivity index (χ0v) is 7.26. The molecule has 12 heavy (non-hydrogen) atoms. The minimum atomic E-state index is -0.0793. The van der Waals surface area contributed by atoms with E-state index >= 15 is 0 Å². The van der Waals surface area contributed by atoms with Crippen LogP contribution in [0.1, 0.15) is 4.88 Å². The van der Waals surface area contributed by atoms with Crippen molar-refractivity contribution in [3.8, 4) is 5.13 Å². The SMILES string of the molecule is Cc1cnc(-n2[nH]ccc2=O)s1. The molecule has 0 saturated carbocycles. The Bertz CT molecular complexity index is 439. The van der Waals surface area contributed by atoms with Gasteiger partial charge in [-0.25, -0.2) is 4.98 Å². The van der Waals surface area contributed by atoms with Crippen molar-refractivity contribution in [1.82, 2.24) is 14.8 Å². The molecule has 62 valence electrons. The van der Waals surface area contributed by atoms with E-state index in [2.05, 4.69) is 10.1 Å². The monoisotopic (exact) mass is 181 g/mol. The van der Waals surface area contributed by atoms with Crippen LogP contribution in [0.15, 0.2) is 23.3 Å². The zero-order chi connectivity index (χ0) is 8.55. The van der Waals surface area contributed by atoms with E-state index in [9.17, 15) is 4.79 Å². The first kappa shape index (κ1) is 7.30. The summed E-state index contributed by atoms with van der Waals surface area (Å²) in [6.07, 6.45) is 3.34. The van der Waals surface area contributed by atoms with E-state index in [1.165, 1.54) is 22.1 Å². The van der Waals surface area contributed by atoms with Gasteiger partial charge < -0.3 is 0 Å². The summed E-state index contributed by atoms with van der Waals surface area (Å²) in [6, 6.07) is 1.47. The maximum atomic E-state index is 11.1. The Morgan fingerprint density at radius 1 is 1.67 bits per heavy atom. The highest BCUT2D eigenvalue weighted by atomic mass is 32.1. The van der Waals surface area contributed by atoms with Gasteiger partial charge in [0.25, 0.3) is 5.56 Å². The van der Waals surface area contributed by atoms with Gasteiger partial charge in [0.15, 0.2) is 0 Å². The topological polar surface area (TPSA) is 50.7 Å². The minimum Gasteiger partial charge on any atom is -0.296 e. The number of hydrogen-bond acceptors (Lipinski definition) is 3. The third-order valence-electron chi connectivity index (χ3n) is 1.45. The van der Waals surface area contributed by atoms with Crippen molar-refractivity contribution in [3.05, 3.63) is 33.7 Å². The van der Waals surface area contributed by atoms with Gasteiger partial charge >= 0.3 is 0 Å². The summed E-state index contributed by atoms with van der Waals surface area (Å²) in [5.74, 6) is 0. The minimum absolute atomic E-state index is 0.0793. The molecule has 1 N–H and O–H groups in total. The van der Waals surface area contributed by atoms with E-state index in [1.807, 2.05) is 6.92 Å². The predicted octanol–water partition coefficient (Wildman–Crippen LogP) is 0.931. The molecule has 2 aromatic rings. The second kappa shape index (κ2) is 2.60. The number of thiazole rings is 1. The van der Waals surface area contributed by atoms with Crippen molar-refractivity contribution >= 4 is 11.3 Å². The van der Waals surface area contributed by atoms with Crippen LogP contribution >= 0.6 is 11.3 Å². The molecular formula is C7H7N3OS. The van der Waals surface area contributed by atoms with Crippen LogP contribution in [-0.4, -0.2) is 14.8 Å². The molecule has 0 amide bonds. The van der Waals surface area contributed by atoms with Crippen molar-refractivity contribution in [1.29, 1.82) is 0 Å². The van der Waals surface area contributed by atoms with E-state index in [0.717, 1.165) is 4.88 Å². The summed E-state index contributed by atoms with van der Waals surface area (Å²) in [5, 5.41) is 3.47. The normalized spacial score (nSPS) is 10.4. The highest BCUT2D eigenvalue weighted by Gasteiger charge is 2.02. The van der Waals surface area contributed by atoms with Crippen LogP contribution in [0.3, 0.4) is 0 Å². The molecule has 0 bridgehead atoms. The molecule has 0 spiro atoms. The number of H-pyrrole nitrogens is 1. The summed E-state index contributed by atoms with van der Waals surface area (Å²) in [6.45, 7) is 1.95. The van der Waals surface area contributed by atoms with Gasteiger partial charge in [-0.05, 0) is 6.92 Å². The van der Waals surface area contributed by atoms with Crippen LogP contribution < -0.4 is 5.56 Å². The van der Waals surface area contributed by atoms with Crippen molar-refractivity contribution in [2.45, 2.75) is 6.92 Å². The smallest absolute Gasteiger partial charge is 0.273 e. The van der Waals surface area contributed by atoms with Gasteiger partial charge in [0.1, 0.15) is 0 Å². The van der Waals surface area contributed by atoms with Crippen LogP contribution in [0.5, 0.6) is 0 Å². The third kappa shape index (κ3) is 1.08. The van der Waals surface area contributed by atoms with Crippen molar-refractivity contribution < 1.29 is 0 Å². The van der Waals surface area contributed by atoms with Gasteiger partial charge in [0.2, 0.25) is 5.13 Å². The van der Waals surface area contributed by atoms with Gasteiger partial charge in [0.05, 0.1) is 0 Å². The van der Waals surface area contributed by atoms with Crippen molar-refractivity contribution in [2.75, 3.05) is 0 Å². The Morgan fingerprint density at radius 3 is 3.00 bits per heavy atom. The summed E-state index contributed by atoms with van der Waals surface area (Å²) in [5.41, 5.74) is -0.0793. The molecule has 0 aromatic carbocycles. The first-order valence-corrected chi connectivity index (χ1v) is 4.28. The number of nitrogens with zero attached hydrogens (tertiary/aromatic N) is 2. The number of aromatic amines is 1. The van der Waals surface area contributed by atoms with Gasteiger partial charge in [-0.1, -0.05) is 0 Å². The lowest BCUT2D eigenvalue weighted by molar-refractivity contribution is 0.840. The number of rotatable bonds is 1. The highest BCUT2D eigenvalue weighted by Crippen LogP contribution is 2.12. The van der Waals surface area contributed by atoms with Gasteiger partial charge in [-0.2, -0.15) is 4.68 Å². The molecule has 2 heterocycles. The molecule has 0 radical (unpaired) electrons. The lowest BCUT2D eigenvalue weighted by Crippen LogP contribution is -2.12. The fraction of sp³-hybridized carbons (Fsp3) is 0.143. The number of hydrogen-bond donors (Lipinski definition) is 1. The van der Waals surface area contributed by atoms with Crippen LogP contribution in [0.2, 0.25) is 0 Å². The van der Waals surface area contributed by atoms with Gasteiger partial charge in [-0.3, -0.25) is 9.89 Å². The molecule has 0 aliphatic heterocycles. The molecular weight excluding hydrogens is 174 g/mol. The van der Waals surface area contributed by atoms with E-state index < -0.39 is 0 Å². The molecule has 2 rings (SSSR count). The molecule has 0 atom stereocenters. The van der Waals surface area contributed by atoms with E-state index in [-0.39, 0.29) is 5.56 Å². The second-order valence-electron chi connectivity index (χ2n) is 2.39. The quantitative estimate of drug-likeness (QED) is 0.711. The van der Waals surface area contributed by atoms with Crippen LogP contribution in [0, 0.1) is 6.92 Å². The van der Waals surface area contributed by atoms with Crippen LogP contribution in [0.25, 0.3) is 5.13 Å². The Balaban J connectivity index is 2.58. The zero-order valence-electron chi connectivity index (χ0n) is 6.44. The molecule has 2 aromatic heterocycles. The summed E-state index contributed by atoms with van der Waals surface area (Å²) in [7, 11) is 0. The van der Waals surface area contributed by atoms with Crippen molar-refractivity contribution in [3.63, 3.8) is 0 Å². The molecule has 0 aliphatic rings. The lowest BCUT2D eigenvalue weighted by Gasteiger charge is -1.91. The van der Waals surface area contributed by atoms with Crippen molar-refractivity contribution in [2.24, 2.45) is 0 Å². The summed E-state index contributed by atoms with van der Waals surface area (Å²) >= 11 is 1.48. The average Bonchev–Trinajstić information content (AvgIpc) is 2.58. The van der Waals surface area contributed by atoms with Crippen LogP contribution in [-0.2, 0) is 0 Å². The van der Waals surface area contributed by atoms with E-state index in [4.69, 9.17) is 0 Å². The third-order valence-corrected chi connectivity index (χ3v) is 2.35. The number of nitrogens with one attached hydrogen (secondary N) is 1. The number of aryl methyl sites for hydroxylation is 1. The van der Waals surface area contributed by atoms with E-state index in [1.54, 1.807) is 12.4 Å². The maximum Gasteiger partial charge on any atom is 0.273 e. The molecule has 0 unspecified atom stereocenters. The fourth-order valence-electron chi connectivity index (χ4n) is 0.917. The van der Waals surface area contributed by atoms with Crippen LogP contribution in [0.4, 0.5) is 0 Å². The second-order valence-corrected chi connectivity index (χ2v) is 3.60. The fourth-order valence-corrected chi connectivity index (χ4v) is 1.65. The Labute approximate surface area is 72.5 Å². The summed E-state index contributed by atoms with van der Waals surface area (Å²) < 4.78 is 1.41. The van der Waals surface area contributed by atoms with Gasteiger partial charge in [0, 0.05) is 23.3 Å². The first-order valence-electron chi connectivity index (χ1n) is 3.46. The molecule has 0 aliphatic carbocycles. The predicted molar refractivity (Wildman–Crippen MR) is 46.8 cm³/mol. The average molecular weight is 181 g/mol. The highest BCUT2D eigenvalue weighted by molar-refractivity contribution is 7.13. The first-order chi connectivity index (χ1) is 5.77. The lowest BCUT2D eigenvalue weighted by atomic mass is 10.7. The molecule has 0 fully saturated rings. The molecule has 5 heteroatoms. The molecule has 0 saturated heterocycles. The Morgan fingerprint density at radius 2 is 2.50 bits per heavy atom. The number of aromatic nitrogens is 3. The standard InChI is InChI=1S/C7H7N3OS/c1-5-4-8-7(12-5)10-6(11)2-3-9-10/h2-4,9H,1H3. The van der Waals surface area contributed by atoms with Gasteiger partial charge in [-0.15, -0.1) is 11.3 Å². The maximum absolute atomic E-state index is 11.1.